The number of sulfonamides is 1. The zero-order chi connectivity index (χ0) is 26.9. The van der Waals surface area contributed by atoms with Gasteiger partial charge in [-0.2, -0.15) is 22.0 Å². The Kier molecular flexibility index (Phi) is 7.48. The van der Waals surface area contributed by atoms with Gasteiger partial charge in [0.05, 0.1) is 17.6 Å². The number of nitrogens with two attached hydrogens (primary N) is 1. The Labute approximate surface area is 206 Å². The first-order chi connectivity index (χ1) is 16.6. The molecule has 0 aliphatic rings. The molecule has 0 unspecified atom stereocenters. The normalized spacial score (nSPS) is 12.2. The van der Waals surface area contributed by atoms with Crippen LogP contribution >= 0.6 is 11.6 Å². The number of methoxy groups -OCH3 is 1. The maximum absolute atomic E-state index is 14.0. The predicted molar refractivity (Wildman–Crippen MR) is 120 cm³/mol. The SMILES string of the molecule is COc1cc(Cl)ccc1Oc1cc(C(F)(F)C(F)(F)F)ccc1C(=O)Nc1cccc(S(N)(=O)=O)c1. The van der Waals surface area contributed by atoms with Gasteiger partial charge in [-0.3, -0.25) is 4.79 Å². The Morgan fingerprint density at radius 2 is 1.64 bits per heavy atom. The minimum Gasteiger partial charge on any atom is -0.493 e. The molecule has 0 radical (unpaired) electrons. The van der Waals surface area contributed by atoms with Gasteiger partial charge in [0, 0.05) is 22.3 Å². The van der Waals surface area contributed by atoms with Crippen LogP contribution in [0.4, 0.5) is 27.6 Å². The fraction of sp³-hybridized carbons (Fsp3) is 0.136. The number of alkyl halides is 5. The Bertz CT molecular complexity index is 1410. The van der Waals surface area contributed by atoms with Gasteiger partial charge < -0.3 is 14.8 Å². The van der Waals surface area contributed by atoms with Crippen molar-refractivity contribution in [3.63, 3.8) is 0 Å². The van der Waals surface area contributed by atoms with Gasteiger partial charge in [-0.1, -0.05) is 23.7 Å². The summed E-state index contributed by atoms with van der Waals surface area (Å²) in [5, 5.41) is 7.60. The Morgan fingerprint density at radius 3 is 2.25 bits per heavy atom. The lowest BCUT2D eigenvalue weighted by molar-refractivity contribution is -0.289. The van der Waals surface area contributed by atoms with Crippen LogP contribution in [-0.4, -0.2) is 27.6 Å². The van der Waals surface area contributed by atoms with Gasteiger partial charge in [0.1, 0.15) is 5.75 Å². The molecule has 0 fully saturated rings. The largest absolute Gasteiger partial charge is 0.493 e. The number of benzene rings is 3. The number of hydrogen-bond acceptors (Lipinski definition) is 5. The summed E-state index contributed by atoms with van der Waals surface area (Å²) in [6.45, 7) is 0. The highest BCUT2D eigenvalue weighted by atomic mass is 35.5. The third kappa shape index (κ3) is 5.86. The first-order valence-electron chi connectivity index (χ1n) is 9.68. The first-order valence-corrected chi connectivity index (χ1v) is 11.6. The van der Waals surface area contributed by atoms with Crippen molar-refractivity contribution >= 4 is 33.2 Å². The molecule has 36 heavy (non-hydrogen) atoms. The molecule has 0 atom stereocenters. The molecule has 3 aromatic rings. The van der Waals surface area contributed by atoms with E-state index >= 15 is 0 Å². The van der Waals surface area contributed by atoms with Crippen molar-refractivity contribution in [2.75, 3.05) is 12.4 Å². The monoisotopic (exact) mass is 550 g/mol. The van der Waals surface area contributed by atoms with Gasteiger partial charge in [0.15, 0.2) is 11.5 Å². The molecule has 0 bridgehead atoms. The average molecular weight is 551 g/mol. The Morgan fingerprint density at radius 1 is 0.944 bits per heavy atom. The molecule has 0 aromatic heterocycles. The van der Waals surface area contributed by atoms with E-state index in [0.717, 1.165) is 6.07 Å². The van der Waals surface area contributed by atoms with E-state index in [1.165, 1.54) is 43.5 Å². The maximum atomic E-state index is 14.0. The van der Waals surface area contributed by atoms with Gasteiger partial charge in [0.2, 0.25) is 10.0 Å². The second-order valence-electron chi connectivity index (χ2n) is 7.21. The highest BCUT2D eigenvalue weighted by Crippen LogP contribution is 2.46. The number of anilines is 1. The molecule has 0 spiro atoms. The minimum absolute atomic E-state index is 0.00250. The van der Waals surface area contributed by atoms with Crippen molar-refractivity contribution in [2.24, 2.45) is 5.14 Å². The molecule has 3 aromatic carbocycles. The van der Waals surface area contributed by atoms with E-state index in [2.05, 4.69) is 5.32 Å². The van der Waals surface area contributed by atoms with E-state index in [1.54, 1.807) is 0 Å². The van der Waals surface area contributed by atoms with Crippen LogP contribution in [0.2, 0.25) is 5.02 Å². The lowest BCUT2D eigenvalue weighted by Crippen LogP contribution is -2.33. The quantitative estimate of drug-likeness (QED) is 0.367. The molecular formula is C22H16ClF5N2O5S. The number of carbonyl (C=O) groups excluding carboxylic acids is 1. The number of ether oxygens (including phenoxy) is 2. The molecule has 0 saturated carbocycles. The Hall–Kier alpha value is -3.42. The van der Waals surface area contributed by atoms with Gasteiger partial charge in [-0.15, -0.1) is 0 Å². The molecule has 192 valence electrons. The predicted octanol–water partition coefficient (Wildman–Crippen LogP) is 5.69. The highest BCUT2D eigenvalue weighted by molar-refractivity contribution is 7.89. The van der Waals surface area contributed by atoms with Crippen LogP contribution in [0.15, 0.2) is 65.6 Å². The highest BCUT2D eigenvalue weighted by Gasteiger charge is 2.58. The number of primary sulfonamides is 1. The molecule has 3 N–H and O–H groups in total. The van der Waals surface area contributed by atoms with E-state index < -0.39 is 44.9 Å². The van der Waals surface area contributed by atoms with Crippen molar-refractivity contribution in [1.29, 1.82) is 0 Å². The molecule has 0 saturated heterocycles. The molecule has 14 heteroatoms. The van der Waals surface area contributed by atoms with E-state index in [4.69, 9.17) is 26.2 Å². The van der Waals surface area contributed by atoms with Crippen LogP contribution in [-0.2, 0) is 15.9 Å². The smallest absolute Gasteiger partial charge is 0.458 e. The summed E-state index contributed by atoms with van der Waals surface area (Å²) in [6.07, 6.45) is -5.92. The number of rotatable bonds is 7. The zero-order valence-corrected chi connectivity index (χ0v) is 19.6. The third-order valence-corrected chi connectivity index (χ3v) is 5.86. The van der Waals surface area contributed by atoms with Crippen LogP contribution in [0, 0.1) is 0 Å². The fourth-order valence-corrected chi connectivity index (χ4v) is 3.67. The zero-order valence-electron chi connectivity index (χ0n) is 18.1. The van der Waals surface area contributed by atoms with Crippen molar-refractivity contribution < 1.29 is 44.6 Å². The summed E-state index contributed by atoms with van der Waals surface area (Å²) in [5.41, 5.74) is -1.98. The first kappa shape index (κ1) is 27.2. The molecule has 0 aliphatic carbocycles. The summed E-state index contributed by atoms with van der Waals surface area (Å²) in [5.74, 6) is -7.07. The second-order valence-corrected chi connectivity index (χ2v) is 9.21. The average Bonchev–Trinajstić information content (AvgIpc) is 2.79. The second kappa shape index (κ2) is 9.91. The van der Waals surface area contributed by atoms with Gasteiger partial charge >= 0.3 is 12.1 Å². The van der Waals surface area contributed by atoms with Gasteiger partial charge in [0.25, 0.3) is 5.91 Å². The fourth-order valence-electron chi connectivity index (χ4n) is 2.95. The van der Waals surface area contributed by atoms with E-state index in [1.807, 2.05) is 0 Å². The lowest BCUT2D eigenvalue weighted by Gasteiger charge is -2.21. The van der Waals surface area contributed by atoms with E-state index in [0.29, 0.717) is 18.2 Å². The maximum Gasteiger partial charge on any atom is 0.458 e. The van der Waals surface area contributed by atoms with Crippen LogP contribution in [0.3, 0.4) is 0 Å². The molecular weight excluding hydrogens is 535 g/mol. The molecule has 3 rings (SSSR count). The van der Waals surface area contributed by atoms with Crippen LogP contribution in [0.5, 0.6) is 17.2 Å². The summed E-state index contributed by atoms with van der Waals surface area (Å²) in [6, 6.07) is 10.2. The summed E-state index contributed by atoms with van der Waals surface area (Å²) >= 11 is 5.88. The molecule has 0 heterocycles. The van der Waals surface area contributed by atoms with E-state index in [9.17, 15) is 35.2 Å². The number of halogens is 6. The molecule has 0 aliphatic heterocycles. The van der Waals surface area contributed by atoms with Gasteiger partial charge in [-0.25, -0.2) is 13.6 Å². The standard InChI is InChI=1S/C22H16ClF5N2O5S/c1-34-19-10-13(23)6-8-17(19)35-18-9-12(21(24,25)22(26,27)28)5-7-16(18)20(31)30-14-3-2-4-15(11-14)36(29,32)33/h2-11H,1H3,(H,30,31)(H2,29,32,33). The van der Waals surface area contributed by atoms with Crippen molar-refractivity contribution in [3.8, 4) is 17.2 Å². The number of amides is 1. The summed E-state index contributed by atoms with van der Waals surface area (Å²) in [4.78, 5) is 12.6. The Balaban J connectivity index is 2.08. The number of nitrogens with one attached hydrogen (secondary N) is 1. The van der Waals surface area contributed by atoms with Crippen LogP contribution in [0.1, 0.15) is 15.9 Å². The van der Waals surface area contributed by atoms with Crippen molar-refractivity contribution in [1.82, 2.24) is 0 Å². The lowest BCUT2D eigenvalue weighted by atomic mass is 10.0. The minimum atomic E-state index is -5.92. The molecule has 1 amide bonds. The third-order valence-electron chi connectivity index (χ3n) is 4.71. The number of hydrogen-bond donors (Lipinski definition) is 2. The molecule has 7 nitrogen and oxygen atoms in total. The summed E-state index contributed by atoms with van der Waals surface area (Å²) < 4.78 is 101. The van der Waals surface area contributed by atoms with E-state index in [-0.39, 0.29) is 27.1 Å². The number of carbonyl (C=O) groups is 1. The van der Waals surface area contributed by atoms with Gasteiger partial charge in [-0.05, 0) is 42.5 Å². The van der Waals surface area contributed by atoms with Crippen LogP contribution in [0.25, 0.3) is 0 Å². The van der Waals surface area contributed by atoms with Crippen LogP contribution < -0.4 is 19.9 Å². The topological polar surface area (TPSA) is 108 Å². The van der Waals surface area contributed by atoms with Crippen molar-refractivity contribution in [3.05, 3.63) is 76.8 Å². The summed E-state index contributed by atoms with van der Waals surface area (Å²) in [7, 11) is -2.88. The van der Waals surface area contributed by atoms with Crippen molar-refractivity contribution in [2.45, 2.75) is 17.0 Å².